The van der Waals surface area contributed by atoms with Crippen LogP contribution >= 0.6 is 24.0 Å². The summed E-state index contributed by atoms with van der Waals surface area (Å²) in [6.45, 7) is 1.52. The number of carbonyl (C=O) groups excluding carboxylic acids is 3. The fourth-order valence-electron chi connectivity index (χ4n) is 4.59. The Morgan fingerprint density at radius 2 is 1.34 bits per heavy atom. The van der Waals surface area contributed by atoms with Gasteiger partial charge in [0.1, 0.15) is 5.82 Å². The summed E-state index contributed by atoms with van der Waals surface area (Å²) in [6, 6.07) is 20.6. The zero-order valence-electron chi connectivity index (χ0n) is 21.9. The number of nitrogens with one attached hydrogen (secondary N) is 3. The van der Waals surface area contributed by atoms with Gasteiger partial charge in [0, 0.05) is 43.3 Å². The number of carbonyl (C=O) groups is 3. The van der Waals surface area contributed by atoms with Gasteiger partial charge in [0.2, 0.25) is 5.91 Å². The molecule has 4 aromatic rings. The lowest BCUT2D eigenvalue weighted by Crippen LogP contribution is -2.38. The van der Waals surface area contributed by atoms with Crippen LogP contribution in [0.2, 0.25) is 5.02 Å². The van der Waals surface area contributed by atoms with Gasteiger partial charge in [0.25, 0.3) is 11.8 Å². The van der Waals surface area contributed by atoms with Crippen LogP contribution in [0.3, 0.4) is 0 Å². The second kappa shape index (κ2) is 13.7. The highest BCUT2D eigenvalue weighted by Crippen LogP contribution is 2.26. The molecule has 1 fully saturated rings. The van der Waals surface area contributed by atoms with E-state index in [0.29, 0.717) is 40.6 Å². The Morgan fingerprint density at radius 1 is 0.756 bits per heavy atom. The van der Waals surface area contributed by atoms with E-state index in [0.717, 1.165) is 18.8 Å². The summed E-state index contributed by atoms with van der Waals surface area (Å²) in [7, 11) is 0. The summed E-state index contributed by atoms with van der Waals surface area (Å²) in [5, 5.41) is 8.92. The van der Waals surface area contributed by atoms with E-state index in [9.17, 15) is 14.4 Å². The molecule has 0 unspecified atom stereocenters. The monoisotopic (exact) mass is 590 g/mol. The number of amides is 3. The highest BCUT2D eigenvalue weighted by molar-refractivity contribution is 6.30. The van der Waals surface area contributed by atoms with Crippen molar-refractivity contribution in [2.75, 3.05) is 33.9 Å². The van der Waals surface area contributed by atoms with Crippen LogP contribution in [0, 0.1) is 5.92 Å². The van der Waals surface area contributed by atoms with Crippen molar-refractivity contribution in [3.8, 4) is 0 Å². The number of aromatic nitrogens is 2. The summed E-state index contributed by atoms with van der Waals surface area (Å²) < 4.78 is 0. The highest BCUT2D eigenvalue weighted by Gasteiger charge is 2.26. The maximum absolute atomic E-state index is 13.3. The summed E-state index contributed by atoms with van der Waals surface area (Å²) in [4.78, 5) is 49.8. The lowest BCUT2D eigenvalue weighted by atomic mass is 9.95. The number of hydrogen-bond donors (Lipinski definition) is 3. The second-order valence-electron chi connectivity index (χ2n) is 9.32. The maximum atomic E-state index is 13.3. The maximum Gasteiger partial charge on any atom is 0.258 e. The topological polar surface area (TPSA) is 116 Å². The lowest BCUT2D eigenvalue weighted by molar-refractivity contribution is -0.120. The molecule has 3 heterocycles. The molecule has 1 aliphatic rings. The molecule has 0 spiro atoms. The molecule has 2 aromatic carbocycles. The van der Waals surface area contributed by atoms with E-state index >= 15 is 0 Å². The van der Waals surface area contributed by atoms with E-state index in [1.54, 1.807) is 73.1 Å². The molecule has 0 saturated carbocycles. The minimum Gasteiger partial charge on any atom is -0.371 e. The smallest absolute Gasteiger partial charge is 0.258 e. The molecule has 41 heavy (non-hydrogen) atoms. The number of para-hydroxylation sites is 2. The summed E-state index contributed by atoms with van der Waals surface area (Å²) in [5.74, 6) is -0.848. The molecule has 2 aromatic heterocycles. The van der Waals surface area contributed by atoms with Crippen LogP contribution in [0.25, 0.3) is 0 Å². The lowest BCUT2D eigenvalue weighted by Gasteiger charge is -2.33. The Kier molecular flexibility index (Phi) is 9.89. The molecule has 3 N–H and O–H groups in total. The molecule has 210 valence electrons. The van der Waals surface area contributed by atoms with E-state index in [4.69, 9.17) is 11.6 Å². The Balaban J connectivity index is 0.00000387. The fraction of sp³-hybridized carbons (Fsp3) is 0.167. The van der Waals surface area contributed by atoms with Gasteiger partial charge in [-0.3, -0.25) is 19.4 Å². The second-order valence-corrected chi connectivity index (χ2v) is 9.75. The van der Waals surface area contributed by atoms with Gasteiger partial charge < -0.3 is 20.9 Å². The molecule has 0 aliphatic carbocycles. The van der Waals surface area contributed by atoms with Crippen LogP contribution < -0.4 is 20.9 Å². The number of pyridine rings is 2. The van der Waals surface area contributed by atoms with Crippen LogP contribution in [-0.4, -0.2) is 40.8 Å². The van der Waals surface area contributed by atoms with Crippen LogP contribution in [0.4, 0.5) is 22.9 Å². The molecule has 5 rings (SSSR count). The Hall–Kier alpha value is -4.47. The van der Waals surface area contributed by atoms with Crippen molar-refractivity contribution in [2.45, 2.75) is 12.8 Å². The van der Waals surface area contributed by atoms with Gasteiger partial charge in [-0.25, -0.2) is 4.98 Å². The van der Waals surface area contributed by atoms with Crippen molar-refractivity contribution in [2.24, 2.45) is 5.92 Å². The minimum absolute atomic E-state index is 0. The normalized spacial score (nSPS) is 13.0. The Labute approximate surface area is 248 Å². The first-order valence-electron chi connectivity index (χ1n) is 12.9. The standard InChI is InChI=1S/C30H27ClN6O3.ClH/c31-21-9-10-27(33-19-21)36-30(40)24-6-2-4-8-26(24)35-29(39)23-5-1-3-7-25(23)34-28(38)20-13-17-37(18-14-20)22-11-15-32-16-12-22;/h1-12,15-16,19-20H,13-14,17-18H2,(H,34,38)(H,35,39)(H,33,36,40);1H. The fourth-order valence-corrected chi connectivity index (χ4v) is 4.70. The summed E-state index contributed by atoms with van der Waals surface area (Å²) in [6.07, 6.45) is 6.36. The molecule has 9 nitrogen and oxygen atoms in total. The van der Waals surface area contributed by atoms with E-state index < -0.39 is 11.8 Å². The SMILES string of the molecule is Cl.O=C(Nc1ccc(Cl)cn1)c1ccccc1NC(=O)c1ccccc1NC(=O)C1CCN(c2ccncc2)CC1. The molecule has 1 aliphatic heterocycles. The molecule has 0 bridgehead atoms. The van der Waals surface area contributed by atoms with E-state index in [-0.39, 0.29) is 29.8 Å². The van der Waals surface area contributed by atoms with Crippen LogP contribution in [0.5, 0.6) is 0 Å². The van der Waals surface area contributed by atoms with Crippen LogP contribution in [0.1, 0.15) is 33.6 Å². The molecule has 0 atom stereocenters. The van der Waals surface area contributed by atoms with Crippen LogP contribution in [-0.2, 0) is 4.79 Å². The van der Waals surface area contributed by atoms with Crippen molar-refractivity contribution >= 4 is 64.6 Å². The van der Waals surface area contributed by atoms with Gasteiger partial charge in [-0.2, -0.15) is 0 Å². The number of piperidine rings is 1. The third-order valence-electron chi connectivity index (χ3n) is 6.71. The number of nitrogens with zero attached hydrogens (tertiary/aromatic N) is 3. The van der Waals surface area contributed by atoms with E-state index in [1.807, 2.05) is 12.1 Å². The van der Waals surface area contributed by atoms with Gasteiger partial charge in [0.05, 0.1) is 27.5 Å². The number of rotatable bonds is 7. The quantitative estimate of drug-likeness (QED) is 0.246. The molecule has 0 radical (unpaired) electrons. The summed E-state index contributed by atoms with van der Waals surface area (Å²) >= 11 is 5.87. The van der Waals surface area contributed by atoms with Crippen molar-refractivity contribution in [1.82, 2.24) is 9.97 Å². The zero-order valence-corrected chi connectivity index (χ0v) is 23.5. The van der Waals surface area contributed by atoms with Crippen LogP contribution in [0.15, 0.2) is 91.4 Å². The van der Waals surface area contributed by atoms with Gasteiger partial charge in [-0.05, 0) is 61.4 Å². The molecular formula is C30H28Cl2N6O3. The number of halogens is 2. The van der Waals surface area contributed by atoms with Crippen molar-refractivity contribution < 1.29 is 14.4 Å². The first kappa shape index (κ1) is 29.5. The highest BCUT2D eigenvalue weighted by atomic mass is 35.5. The molecule has 11 heteroatoms. The zero-order chi connectivity index (χ0) is 27.9. The predicted octanol–water partition coefficient (Wildman–Crippen LogP) is 5.91. The van der Waals surface area contributed by atoms with Crippen molar-refractivity contribution in [3.05, 3.63) is 108 Å². The first-order chi connectivity index (χ1) is 19.5. The van der Waals surface area contributed by atoms with Gasteiger partial charge in [-0.15, -0.1) is 12.4 Å². The van der Waals surface area contributed by atoms with Gasteiger partial charge in [0.15, 0.2) is 0 Å². The van der Waals surface area contributed by atoms with Crippen molar-refractivity contribution in [3.63, 3.8) is 0 Å². The summed E-state index contributed by atoms with van der Waals surface area (Å²) in [5.41, 5.74) is 2.38. The average Bonchev–Trinajstić information content (AvgIpc) is 2.99. The van der Waals surface area contributed by atoms with Gasteiger partial charge >= 0.3 is 0 Å². The minimum atomic E-state index is -0.451. The number of hydrogen-bond acceptors (Lipinski definition) is 6. The largest absolute Gasteiger partial charge is 0.371 e. The average molecular weight is 591 g/mol. The van der Waals surface area contributed by atoms with E-state index in [2.05, 4.69) is 30.8 Å². The Bertz CT molecular complexity index is 1510. The molecule has 1 saturated heterocycles. The van der Waals surface area contributed by atoms with Crippen molar-refractivity contribution in [1.29, 1.82) is 0 Å². The molecule has 3 amide bonds. The number of anilines is 4. The number of benzene rings is 2. The van der Waals surface area contributed by atoms with Gasteiger partial charge in [-0.1, -0.05) is 35.9 Å². The third-order valence-corrected chi connectivity index (χ3v) is 6.94. The van der Waals surface area contributed by atoms with E-state index in [1.165, 1.54) is 6.20 Å². The molecular weight excluding hydrogens is 563 g/mol. The third kappa shape index (κ3) is 7.39. The Morgan fingerprint density at radius 3 is 1.95 bits per heavy atom. The predicted molar refractivity (Wildman–Crippen MR) is 163 cm³/mol. The first-order valence-corrected chi connectivity index (χ1v) is 13.2.